The number of ether oxygens (including phenoxy) is 1. The van der Waals surface area contributed by atoms with E-state index in [9.17, 15) is 13.6 Å². The lowest BCUT2D eigenvalue weighted by molar-refractivity contribution is -0.124. The highest BCUT2D eigenvalue weighted by atomic mass is 19.2. The summed E-state index contributed by atoms with van der Waals surface area (Å²) >= 11 is 0. The molecular formula is C18H24F2N2O2. The molecule has 3 rings (SSSR count). The summed E-state index contributed by atoms with van der Waals surface area (Å²) in [6.07, 6.45) is 0.163. The SMILES string of the molecule is CC(C)C(=O)NC[C@@H]1CO[C@@H]2CN(Cc3ccc(F)c(F)c3)C[C@H]12. The molecule has 6 heteroatoms. The zero-order valence-electron chi connectivity index (χ0n) is 14.1. The van der Waals surface area contributed by atoms with Crippen LogP contribution in [0.5, 0.6) is 0 Å². The Morgan fingerprint density at radius 1 is 1.33 bits per heavy atom. The first-order chi connectivity index (χ1) is 11.4. The van der Waals surface area contributed by atoms with Gasteiger partial charge in [-0.25, -0.2) is 8.78 Å². The van der Waals surface area contributed by atoms with Crippen molar-refractivity contribution in [2.75, 3.05) is 26.2 Å². The number of nitrogens with zero attached hydrogens (tertiary/aromatic N) is 1. The number of hydrogen-bond donors (Lipinski definition) is 1. The van der Waals surface area contributed by atoms with Gasteiger partial charge in [0.25, 0.3) is 0 Å². The summed E-state index contributed by atoms with van der Waals surface area (Å²) in [7, 11) is 0. The molecule has 2 heterocycles. The van der Waals surface area contributed by atoms with Crippen LogP contribution in [0.4, 0.5) is 8.78 Å². The summed E-state index contributed by atoms with van der Waals surface area (Å²) < 4.78 is 32.2. The van der Waals surface area contributed by atoms with E-state index < -0.39 is 11.6 Å². The highest BCUT2D eigenvalue weighted by molar-refractivity contribution is 5.77. The normalized spacial score (nSPS) is 26.8. The molecule has 1 N–H and O–H groups in total. The number of rotatable bonds is 5. The molecule has 24 heavy (non-hydrogen) atoms. The number of likely N-dealkylation sites (tertiary alicyclic amines) is 1. The largest absolute Gasteiger partial charge is 0.376 e. The van der Waals surface area contributed by atoms with Gasteiger partial charge in [-0.3, -0.25) is 9.69 Å². The van der Waals surface area contributed by atoms with Crippen molar-refractivity contribution < 1.29 is 18.3 Å². The average molecular weight is 338 g/mol. The molecule has 0 aromatic heterocycles. The number of hydrogen-bond acceptors (Lipinski definition) is 3. The van der Waals surface area contributed by atoms with Crippen molar-refractivity contribution in [2.45, 2.75) is 26.5 Å². The first kappa shape index (κ1) is 17.3. The highest BCUT2D eigenvalue weighted by Crippen LogP contribution is 2.34. The highest BCUT2D eigenvalue weighted by Gasteiger charge is 2.43. The van der Waals surface area contributed by atoms with E-state index in [4.69, 9.17) is 4.74 Å². The summed E-state index contributed by atoms with van der Waals surface area (Å²) in [4.78, 5) is 13.9. The van der Waals surface area contributed by atoms with Gasteiger partial charge in [0.15, 0.2) is 11.6 Å². The average Bonchev–Trinajstić information content (AvgIpc) is 3.09. The minimum Gasteiger partial charge on any atom is -0.376 e. The van der Waals surface area contributed by atoms with Gasteiger partial charge < -0.3 is 10.1 Å². The Balaban J connectivity index is 1.54. The zero-order valence-corrected chi connectivity index (χ0v) is 14.1. The van der Waals surface area contributed by atoms with Gasteiger partial charge in [0, 0.05) is 43.9 Å². The van der Waals surface area contributed by atoms with Gasteiger partial charge in [0.05, 0.1) is 12.7 Å². The molecule has 2 aliphatic heterocycles. The number of halogens is 2. The number of carbonyl (C=O) groups is 1. The molecule has 0 saturated carbocycles. The third kappa shape index (κ3) is 3.75. The minimum absolute atomic E-state index is 0.0171. The first-order valence-electron chi connectivity index (χ1n) is 8.49. The molecule has 1 aromatic rings. The Hall–Kier alpha value is -1.53. The number of fused-ring (bicyclic) bond motifs is 1. The van der Waals surface area contributed by atoms with Crippen molar-refractivity contribution in [2.24, 2.45) is 17.8 Å². The summed E-state index contributed by atoms with van der Waals surface area (Å²) in [6, 6.07) is 4.04. The predicted octanol–water partition coefficient (Wildman–Crippen LogP) is 2.18. The number of benzene rings is 1. The quantitative estimate of drug-likeness (QED) is 0.895. The molecule has 132 valence electrons. The van der Waals surface area contributed by atoms with E-state index in [1.165, 1.54) is 12.1 Å². The van der Waals surface area contributed by atoms with Crippen molar-refractivity contribution in [3.63, 3.8) is 0 Å². The molecule has 2 saturated heterocycles. The monoisotopic (exact) mass is 338 g/mol. The second kappa shape index (κ2) is 7.15. The van der Waals surface area contributed by atoms with Gasteiger partial charge in [0.2, 0.25) is 5.91 Å². The standard InChI is InChI=1S/C18H24F2N2O2/c1-11(2)18(23)21-6-13-10-24-17-9-22(8-14(13)17)7-12-3-4-15(19)16(20)5-12/h3-5,11,13-14,17H,6-10H2,1-2H3,(H,21,23)/t13-,14-,17-/m1/s1. The van der Waals surface area contributed by atoms with Crippen LogP contribution in [0.25, 0.3) is 0 Å². The molecular weight excluding hydrogens is 314 g/mol. The third-order valence-electron chi connectivity index (χ3n) is 4.97. The van der Waals surface area contributed by atoms with Crippen LogP contribution in [0, 0.1) is 29.4 Å². The summed E-state index contributed by atoms with van der Waals surface area (Å²) in [6.45, 7) is 7.29. The smallest absolute Gasteiger partial charge is 0.222 e. The fourth-order valence-corrected chi connectivity index (χ4v) is 3.55. The van der Waals surface area contributed by atoms with Gasteiger partial charge in [-0.05, 0) is 17.7 Å². The molecule has 1 aromatic carbocycles. The Kier molecular flexibility index (Phi) is 5.15. The molecule has 1 amide bonds. The van der Waals surface area contributed by atoms with E-state index in [0.29, 0.717) is 31.5 Å². The summed E-state index contributed by atoms with van der Waals surface area (Å²) in [5.74, 6) is -0.888. The van der Waals surface area contributed by atoms with E-state index in [0.717, 1.165) is 18.7 Å². The predicted molar refractivity (Wildman–Crippen MR) is 86.2 cm³/mol. The maximum atomic E-state index is 13.3. The Morgan fingerprint density at radius 3 is 2.83 bits per heavy atom. The van der Waals surface area contributed by atoms with Crippen LogP contribution in [0.15, 0.2) is 18.2 Å². The lowest BCUT2D eigenvalue weighted by Crippen LogP contribution is -2.36. The Morgan fingerprint density at radius 2 is 2.12 bits per heavy atom. The molecule has 2 fully saturated rings. The van der Waals surface area contributed by atoms with Crippen molar-refractivity contribution in [3.05, 3.63) is 35.4 Å². The van der Waals surface area contributed by atoms with E-state index in [2.05, 4.69) is 10.2 Å². The molecule has 0 bridgehead atoms. The molecule has 0 aliphatic carbocycles. The second-order valence-corrected chi connectivity index (χ2v) is 7.14. The van der Waals surface area contributed by atoms with Crippen LogP contribution in [0.2, 0.25) is 0 Å². The zero-order chi connectivity index (χ0) is 17.3. The lowest BCUT2D eigenvalue weighted by atomic mass is 9.93. The van der Waals surface area contributed by atoms with Crippen LogP contribution < -0.4 is 5.32 Å². The minimum atomic E-state index is -0.818. The fraction of sp³-hybridized carbons (Fsp3) is 0.611. The van der Waals surface area contributed by atoms with Crippen LogP contribution in [-0.4, -0.2) is 43.2 Å². The molecule has 3 atom stereocenters. The Labute approximate surface area is 141 Å². The lowest BCUT2D eigenvalue weighted by Gasteiger charge is -2.20. The third-order valence-corrected chi connectivity index (χ3v) is 4.97. The molecule has 2 aliphatic rings. The summed E-state index contributed by atoms with van der Waals surface area (Å²) in [5, 5.41) is 2.99. The van der Waals surface area contributed by atoms with E-state index in [-0.39, 0.29) is 17.9 Å². The number of carbonyl (C=O) groups excluding carboxylic acids is 1. The van der Waals surface area contributed by atoms with Crippen LogP contribution in [-0.2, 0) is 16.1 Å². The van der Waals surface area contributed by atoms with Crippen LogP contribution >= 0.6 is 0 Å². The molecule has 0 radical (unpaired) electrons. The topological polar surface area (TPSA) is 41.6 Å². The number of amides is 1. The van der Waals surface area contributed by atoms with Crippen LogP contribution in [0.1, 0.15) is 19.4 Å². The van der Waals surface area contributed by atoms with Gasteiger partial charge in [-0.15, -0.1) is 0 Å². The molecule has 4 nitrogen and oxygen atoms in total. The van der Waals surface area contributed by atoms with E-state index >= 15 is 0 Å². The van der Waals surface area contributed by atoms with Gasteiger partial charge in [-0.2, -0.15) is 0 Å². The van der Waals surface area contributed by atoms with Gasteiger partial charge >= 0.3 is 0 Å². The second-order valence-electron chi connectivity index (χ2n) is 7.14. The molecule has 0 spiro atoms. The fourth-order valence-electron chi connectivity index (χ4n) is 3.55. The van der Waals surface area contributed by atoms with Crippen molar-refractivity contribution >= 4 is 5.91 Å². The Bertz CT molecular complexity index is 609. The van der Waals surface area contributed by atoms with Crippen molar-refractivity contribution in [3.8, 4) is 0 Å². The summed E-state index contributed by atoms with van der Waals surface area (Å²) in [5.41, 5.74) is 0.763. The maximum Gasteiger partial charge on any atom is 0.222 e. The molecule has 0 unspecified atom stereocenters. The van der Waals surface area contributed by atoms with Crippen molar-refractivity contribution in [1.29, 1.82) is 0 Å². The van der Waals surface area contributed by atoms with E-state index in [1.807, 2.05) is 13.8 Å². The van der Waals surface area contributed by atoms with Gasteiger partial charge in [-0.1, -0.05) is 19.9 Å². The van der Waals surface area contributed by atoms with Gasteiger partial charge in [0.1, 0.15) is 0 Å². The number of nitrogens with one attached hydrogen (secondary N) is 1. The van der Waals surface area contributed by atoms with Crippen molar-refractivity contribution in [1.82, 2.24) is 10.2 Å². The van der Waals surface area contributed by atoms with Crippen LogP contribution in [0.3, 0.4) is 0 Å². The van der Waals surface area contributed by atoms with E-state index in [1.54, 1.807) is 6.07 Å². The maximum absolute atomic E-state index is 13.3. The first-order valence-corrected chi connectivity index (χ1v) is 8.49.